The normalized spacial score (nSPS) is 10.9. The third kappa shape index (κ3) is 4.45. The van der Waals surface area contributed by atoms with Gasteiger partial charge in [-0.25, -0.2) is 0 Å². The Bertz CT molecular complexity index is 284. The van der Waals surface area contributed by atoms with Crippen molar-refractivity contribution in [3.63, 3.8) is 0 Å². The molecule has 0 aliphatic carbocycles. The molecule has 0 saturated carbocycles. The summed E-state index contributed by atoms with van der Waals surface area (Å²) in [6, 6.07) is 8.59. The summed E-state index contributed by atoms with van der Waals surface area (Å²) in [4.78, 5) is 2.19. The quantitative estimate of drug-likeness (QED) is 0.664. The lowest BCUT2D eigenvalue weighted by Crippen LogP contribution is -2.13. The van der Waals surface area contributed by atoms with Gasteiger partial charge < -0.3 is 9.64 Å². The average molecular weight is 207 g/mol. The van der Waals surface area contributed by atoms with Crippen LogP contribution in [0.2, 0.25) is 0 Å². The van der Waals surface area contributed by atoms with E-state index in [2.05, 4.69) is 43.3 Å². The smallest absolute Gasteiger partial charge is 0.0506 e. The molecule has 0 heterocycles. The molecule has 84 valence electrons. The number of hydrogen-bond donors (Lipinski definition) is 0. The zero-order valence-electron chi connectivity index (χ0n) is 9.99. The molecule has 0 unspecified atom stereocenters. The highest BCUT2D eigenvalue weighted by Gasteiger charge is 2.02. The molecule has 1 aromatic carbocycles. The monoisotopic (exact) mass is 207 g/mol. The van der Waals surface area contributed by atoms with Gasteiger partial charge in [-0.15, -0.1) is 0 Å². The van der Waals surface area contributed by atoms with Gasteiger partial charge in [0.15, 0.2) is 0 Å². The minimum absolute atomic E-state index is 0.801. The molecule has 2 nitrogen and oxygen atoms in total. The number of ether oxygens (including phenoxy) is 1. The summed E-state index contributed by atoms with van der Waals surface area (Å²) in [5.41, 5.74) is 2.81. The van der Waals surface area contributed by atoms with Gasteiger partial charge in [-0.2, -0.15) is 0 Å². The van der Waals surface area contributed by atoms with Crippen LogP contribution in [0.4, 0.5) is 0 Å². The van der Waals surface area contributed by atoms with E-state index >= 15 is 0 Å². The van der Waals surface area contributed by atoms with Crippen LogP contribution in [0.1, 0.15) is 18.1 Å². The molecule has 0 fully saturated rings. The standard InChI is InChI=1S/C13H21NO/c1-4-15-10-9-12-7-5-6-8-13(12)11-14(2)3/h5-8H,4,9-11H2,1-3H3. The Balaban J connectivity index is 2.60. The minimum atomic E-state index is 0.801. The SMILES string of the molecule is CCOCCc1ccccc1CN(C)C. The van der Waals surface area contributed by atoms with Crippen LogP contribution < -0.4 is 0 Å². The highest BCUT2D eigenvalue weighted by Crippen LogP contribution is 2.11. The van der Waals surface area contributed by atoms with Crippen LogP contribution in [-0.2, 0) is 17.7 Å². The van der Waals surface area contributed by atoms with Crippen molar-refractivity contribution in [1.29, 1.82) is 0 Å². The van der Waals surface area contributed by atoms with E-state index in [1.54, 1.807) is 0 Å². The molecule has 2 heteroatoms. The van der Waals surface area contributed by atoms with Gasteiger partial charge in [0.2, 0.25) is 0 Å². The first kappa shape index (κ1) is 12.2. The zero-order chi connectivity index (χ0) is 11.1. The van der Waals surface area contributed by atoms with E-state index in [4.69, 9.17) is 4.74 Å². The molecule has 15 heavy (non-hydrogen) atoms. The Morgan fingerprint density at radius 1 is 1.13 bits per heavy atom. The molecule has 0 radical (unpaired) electrons. The molecule has 0 amide bonds. The first-order chi connectivity index (χ1) is 7.24. The summed E-state index contributed by atoms with van der Waals surface area (Å²) in [5, 5.41) is 0. The number of nitrogens with zero attached hydrogens (tertiary/aromatic N) is 1. The largest absolute Gasteiger partial charge is 0.381 e. The van der Waals surface area contributed by atoms with Crippen LogP contribution in [0.15, 0.2) is 24.3 Å². The molecule has 0 N–H and O–H groups in total. The second kappa shape index (κ2) is 6.59. The fourth-order valence-electron chi connectivity index (χ4n) is 1.62. The van der Waals surface area contributed by atoms with Gasteiger partial charge in [0.25, 0.3) is 0 Å². The van der Waals surface area contributed by atoms with Crippen molar-refractivity contribution in [3.8, 4) is 0 Å². The molecule has 0 spiro atoms. The van der Waals surface area contributed by atoms with Gasteiger partial charge >= 0.3 is 0 Å². The fraction of sp³-hybridized carbons (Fsp3) is 0.538. The summed E-state index contributed by atoms with van der Waals surface area (Å²) in [6.45, 7) is 4.66. The Kier molecular flexibility index (Phi) is 5.37. The van der Waals surface area contributed by atoms with Crippen molar-refractivity contribution in [3.05, 3.63) is 35.4 Å². The molecule has 0 aliphatic rings. The number of benzene rings is 1. The van der Waals surface area contributed by atoms with E-state index in [-0.39, 0.29) is 0 Å². The average Bonchev–Trinajstić information content (AvgIpc) is 2.20. The van der Waals surface area contributed by atoms with Crippen LogP contribution in [-0.4, -0.2) is 32.2 Å². The summed E-state index contributed by atoms with van der Waals surface area (Å²) in [6.07, 6.45) is 1.01. The van der Waals surface area contributed by atoms with E-state index in [9.17, 15) is 0 Å². The van der Waals surface area contributed by atoms with Crippen LogP contribution >= 0.6 is 0 Å². The first-order valence-electron chi connectivity index (χ1n) is 5.53. The van der Waals surface area contributed by atoms with Crippen molar-refractivity contribution in [2.45, 2.75) is 19.9 Å². The zero-order valence-corrected chi connectivity index (χ0v) is 9.99. The molecule has 0 bridgehead atoms. The predicted octanol–water partition coefficient (Wildman–Crippen LogP) is 2.33. The summed E-state index contributed by atoms with van der Waals surface area (Å²) < 4.78 is 5.38. The maximum Gasteiger partial charge on any atom is 0.0506 e. The van der Waals surface area contributed by atoms with Crippen LogP contribution in [0, 0.1) is 0 Å². The number of hydrogen-bond acceptors (Lipinski definition) is 2. The van der Waals surface area contributed by atoms with Gasteiger partial charge in [-0.3, -0.25) is 0 Å². The molecule has 0 aliphatic heterocycles. The second-order valence-electron chi connectivity index (χ2n) is 3.95. The Morgan fingerprint density at radius 2 is 1.80 bits per heavy atom. The van der Waals surface area contributed by atoms with Crippen molar-refractivity contribution in [2.24, 2.45) is 0 Å². The maximum atomic E-state index is 5.38. The number of rotatable bonds is 6. The Labute approximate surface area is 92.9 Å². The molecule has 1 aromatic rings. The van der Waals surface area contributed by atoms with Gasteiger partial charge in [-0.05, 0) is 38.6 Å². The third-order valence-electron chi connectivity index (χ3n) is 2.32. The van der Waals surface area contributed by atoms with E-state index in [1.807, 2.05) is 6.92 Å². The second-order valence-corrected chi connectivity index (χ2v) is 3.95. The third-order valence-corrected chi connectivity index (χ3v) is 2.32. The van der Waals surface area contributed by atoms with Crippen molar-refractivity contribution >= 4 is 0 Å². The van der Waals surface area contributed by atoms with Gasteiger partial charge in [0.1, 0.15) is 0 Å². The fourth-order valence-corrected chi connectivity index (χ4v) is 1.62. The van der Waals surface area contributed by atoms with E-state index in [1.165, 1.54) is 11.1 Å². The molecule has 0 atom stereocenters. The lowest BCUT2D eigenvalue weighted by molar-refractivity contribution is 0.150. The van der Waals surface area contributed by atoms with Crippen molar-refractivity contribution < 1.29 is 4.74 Å². The Hall–Kier alpha value is -0.860. The van der Waals surface area contributed by atoms with E-state index in [0.29, 0.717) is 0 Å². The maximum absolute atomic E-state index is 5.38. The lowest BCUT2D eigenvalue weighted by Gasteiger charge is -2.14. The van der Waals surface area contributed by atoms with E-state index < -0.39 is 0 Å². The van der Waals surface area contributed by atoms with Crippen LogP contribution in [0.5, 0.6) is 0 Å². The summed E-state index contributed by atoms with van der Waals surface area (Å²) in [7, 11) is 4.19. The molecule has 0 saturated heterocycles. The van der Waals surface area contributed by atoms with Gasteiger partial charge in [-0.1, -0.05) is 24.3 Å². The minimum Gasteiger partial charge on any atom is -0.381 e. The Morgan fingerprint density at radius 3 is 2.40 bits per heavy atom. The lowest BCUT2D eigenvalue weighted by atomic mass is 10.0. The van der Waals surface area contributed by atoms with Crippen molar-refractivity contribution in [1.82, 2.24) is 4.90 Å². The highest BCUT2D eigenvalue weighted by molar-refractivity contribution is 5.27. The molecular formula is C13H21NO. The first-order valence-corrected chi connectivity index (χ1v) is 5.53. The summed E-state index contributed by atoms with van der Waals surface area (Å²) >= 11 is 0. The highest BCUT2D eigenvalue weighted by atomic mass is 16.5. The van der Waals surface area contributed by atoms with Crippen LogP contribution in [0.25, 0.3) is 0 Å². The molecule has 1 rings (SSSR count). The van der Waals surface area contributed by atoms with Crippen molar-refractivity contribution in [2.75, 3.05) is 27.3 Å². The predicted molar refractivity (Wildman–Crippen MR) is 64.0 cm³/mol. The molecular weight excluding hydrogens is 186 g/mol. The molecule has 0 aromatic heterocycles. The summed E-state index contributed by atoms with van der Waals surface area (Å²) in [5.74, 6) is 0. The van der Waals surface area contributed by atoms with E-state index in [0.717, 1.165) is 26.2 Å². The topological polar surface area (TPSA) is 12.5 Å². The van der Waals surface area contributed by atoms with Crippen LogP contribution in [0.3, 0.4) is 0 Å². The van der Waals surface area contributed by atoms with Gasteiger partial charge in [0.05, 0.1) is 6.61 Å². The van der Waals surface area contributed by atoms with Gasteiger partial charge in [0, 0.05) is 13.2 Å².